The van der Waals surface area contributed by atoms with E-state index in [0.29, 0.717) is 25.6 Å². The summed E-state index contributed by atoms with van der Waals surface area (Å²) in [6.45, 7) is 4.66. The second-order valence-electron chi connectivity index (χ2n) is 7.25. The molecule has 3 aromatic rings. The number of aryl methyl sites for hydroxylation is 1. The van der Waals surface area contributed by atoms with E-state index in [9.17, 15) is 18.0 Å². The van der Waals surface area contributed by atoms with Gasteiger partial charge in [0.2, 0.25) is 5.95 Å². The van der Waals surface area contributed by atoms with Gasteiger partial charge in [0.15, 0.2) is 0 Å². The summed E-state index contributed by atoms with van der Waals surface area (Å²) in [6, 6.07) is 5.76. The number of aromatic nitrogens is 4. The van der Waals surface area contributed by atoms with Crippen LogP contribution < -0.4 is 5.32 Å². The van der Waals surface area contributed by atoms with Gasteiger partial charge in [-0.2, -0.15) is 18.3 Å². The average molecular weight is 482 g/mol. The van der Waals surface area contributed by atoms with E-state index < -0.39 is 12.1 Å². The highest BCUT2D eigenvalue weighted by Crippen LogP contribution is 2.23. The standard InChI is InChI=1S/C18H20N6OS.C2HF3O2/c1-13-4-8-26-16(13)17(25)23-10-14(9-21-18-19-5-2-6-20-18)11-24-15(12-23)3-7-22-24;3-2(4,5)1(6)7/h2-8,14H,9-12H2,1H3,(H,19,20,21);(H,6,7). The predicted molar refractivity (Wildman–Crippen MR) is 114 cm³/mol. The Hall–Kier alpha value is -3.48. The summed E-state index contributed by atoms with van der Waals surface area (Å²) in [5, 5.41) is 16.8. The number of nitrogens with zero attached hydrogens (tertiary/aromatic N) is 5. The van der Waals surface area contributed by atoms with Crippen LogP contribution in [0.4, 0.5) is 19.1 Å². The predicted octanol–water partition coefficient (Wildman–Crippen LogP) is 3.06. The number of anilines is 1. The summed E-state index contributed by atoms with van der Waals surface area (Å²) >= 11 is 1.50. The molecule has 4 heterocycles. The highest BCUT2D eigenvalue weighted by atomic mass is 32.1. The lowest BCUT2D eigenvalue weighted by atomic mass is 10.1. The Labute approximate surface area is 190 Å². The minimum absolute atomic E-state index is 0.0908. The van der Waals surface area contributed by atoms with Crippen molar-refractivity contribution in [2.45, 2.75) is 26.2 Å². The van der Waals surface area contributed by atoms with E-state index in [0.717, 1.165) is 22.7 Å². The van der Waals surface area contributed by atoms with Gasteiger partial charge in [-0.25, -0.2) is 14.8 Å². The van der Waals surface area contributed by atoms with Gasteiger partial charge in [-0.15, -0.1) is 11.3 Å². The molecule has 1 amide bonds. The van der Waals surface area contributed by atoms with Gasteiger partial charge in [0, 0.05) is 44.1 Å². The number of alkyl halides is 3. The lowest BCUT2D eigenvalue weighted by Gasteiger charge is -2.24. The summed E-state index contributed by atoms with van der Waals surface area (Å²) in [5.41, 5.74) is 2.09. The zero-order chi connectivity index (χ0) is 24.0. The molecule has 1 aliphatic heterocycles. The van der Waals surface area contributed by atoms with E-state index in [1.54, 1.807) is 24.7 Å². The molecule has 0 saturated heterocycles. The molecule has 0 aliphatic carbocycles. The zero-order valence-corrected chi connectivity index (χ0v) is 18.3. The lowest BCUT2D eigenvalue weighted by molar-refractivity contribution is -0.192. The Morgan fingerprint density at radius 1 is 1.21 bits per heavy atom. The molecular formula is C20H21F3N6O3S. The summed E-state index contributed by atoms with van der Waals surface area (Å²) < 4.78 is 33.7. The largest absolute Gasteiger partial charge is 0.490 e. The molecule has 9 nitrogen and oxygen atoms in total. The van der Waals surface area contributed by atoms with Gasteiger partial charge >= 0.3 is 12.1 Å². The summed E-state index contributed by atoms with van der Waals surface area (Å²) in [7, 11) is 0. The van der Waals surface area contributed by atoms with Crippen molar-refractivity contribution in [3.05, 3.63) is 58.3 Å². The number of carboxylic acid groups (broad SMARTS) is 1. The van der Waals surface area contributed by atoms with Crippen LogP contribution in [0.25, 0.3) is 0 Å². The molecular weight excluding hydrogens is 461 g/mol. The molecule has 3 aromatic heterocycles. The van der Waals surface area contributed by atoms with Gasteiger partial charge in [0.25, 0.3) is 5.91 Å². The van der Waals surface area contributed by atoms with Crippen molar-refractivity contribution in [2.24, 2.45) is 5.92 Å². The smallest absolute Gasteiger partial charge is 0.475 e. The quantitative estimate of drug-likeness (QED) is 0.588. The molecule has 2 N–H and O–H groups in total. The average Bonchev–Trinajstić information content (AvgIpc) is 3.36. The number of rotatable bonds is 4. The number of thiophene rings is 1. The third kappa shape index (κ3) is 6.51. The highest BCUT2D eigenvalue weighted by molar-refractivity contribution is 7.12. The Kier molecular flexibility index (Phi) is 7.63. The molecule has 176 valence electrons. The number of fused-ring (bicyclic) bond motifs is 1. The van der Waals surface area contributed by atoms with E-state index in [-0.39, 0.29) is 11.8 Å². The minimum Gasteiger partial charge on any atom is -0.475 e. The Balaban J connectivity index is 0.000000383. The van der Waals surface area contributed by atoms with E-state index in [1.807, 2.05) is 34.0 Å². The maximum absolute atomic E-state index is 13.0. The summed E-state index contributed by atoms with van der Waals surface area (Å²) in [5.74, 6) is -1.85. The molecule has 0 aromatic carbocycles. The lowest BCUT2D eigenvalue weighted by Crippen LogP contribution is -2.36. The van der Waals surface area contributed by atoms with Crippen LogP contribution in [0.5, 0.6) is 0 Å². The van der Waals surface area contributed by atoms with Crippen molar-refractivity contribution >= 4 is 29.2 Å². The number of carbonyl (C=O) groups excluding carboxylic acids is 1. The number of hydrogen-bond donors (Lipinski definition) is 2. The zero-order valence-electron chi connectivity index (χ0n) is 17.5. The van der Waals surface area contributed by atoms with Crippen LogP contribution in [-0.4, -0.2) is 60.9 Å². The van der Waals surface area contributed by atoms with Gasteiger partial charge in [-0.1, -0.05) is 0 Å². The van der Waals surface area contributed by atoms with E-state index in [1.165, 1.54) is 11.3 Å². The van der Waals surface area contributed by atoms with Crippen molar-refractivity contribution in [3.63, 3.8) is 0 Å². The monoisotopic (exact) mass is 482 g/mol. The molecule has 0 bridgehead atoms. The first-order valence-electron chi connectivity index (χ1n) is 9.80. The molecule has 1 unspecified atom stereocenters. The number of halogens is 3. The van der Waals surface area contributed by atoms with Gasteiger partial charge in [-0.05, 0) is 36.1 Å². The van der Waals surface area contributed by atoms with Gasteiger partial charge in [0.05, 0.1) is 17.1 Å². The molecule has 4 rings (SSSR count). The number of nitrogens with one attached hydrogen (secondary N) is 1. The van der Waals surface area contributed by atoms with Crippen LogP contribution in [0, 0.1) is 12.8 Å². The first-order valence-corrected chi connectivity index (χ1v) is 10.7. The summed E-state index contributed by atoms with van der Waals surface area (Å²) in [6.07, 6.45) is 0.136. The highest BCUT2D eigenvalue weighted by Gasteiger charge is 2.38. The number of hydrogen-bond acceptors (Lipinski definition) is 7. The fourth-order valence-electron chi connectivity index (χ4n) is 3.18. The molecule has 1 aliphatic rings. The maximum atomic E-state index is 13.0. The first kappa shape index (κ1) is 24.2. The fourth-order valence-corrected chi connectivity index (χ4v) is 4.07. The third-order valence-electron chi connectivity index (χ3n) is 4.77. The Morgan fingerprint density at radius 2 is 1.91 bits per heavy atom. The van der Waals surface area contributed by atoms with Crippen molar-refractivity contribution < 1.29 is 27.9 Å². The SMILES string of the molecule is Cc1ccsc1C(=O)N1Cc2ccnn2CC(CNc2ncccn2)C1.O=C(O)C(F)(F)F. The van der Waals surface area contributed by atoms with E-state index >= 15 is 0 Å². The molecule has 0 saturated carbocycles. The molecule has 1 atom stereocenters. The fraction of sp³-hybridized carbons (Fsp3) is 0.350. The van der Waals surface area contributed by atoms with Crippen LogP contribution in [0.15, 0.2) is 42.2 Å². The molecule has 0 fully saturated rings. The van der Waals surface area contributed by atoms with Crippen LogP contribution in [0.1, 0.15) is 20.9 Å². The summed E-state index contributed by atoms with van der Waals surface area (Å²) in [4.78, 5) is 33.1. The van der Waals surface area contributed by atoms with Crippen molar-refractivity contribution in [1.82, 2.24) is 24.6 Å². The minimum atomic E-state index is -5.08. The molecule has 33 heavy (non-hydrogen) atoms. The number of amides is 1. The van der Waals surface area contributed by atoms with Crippen LogP contribution in [0.2, 0.25) is 0 Å². The second kappa shape index (κ2) is 10.4. The van der Waals surface area contributed by atoms with Crippen molar-refractivity contribution in [1.29, 1.82) is 0 Å². The normalized spacial score (nSPS) is 15.6. The van der Waals surface area contributed by atoms with E-state index in [4.69, 9.17) is 9.90 Å². The van der Waals surface area contributed by atoms with Crippen molar-refractivity contribution in [2.75, 3.05) is 18.4 Å². The number of aliphatic carboxylic acids is 1. The van der Waals surface area contributed by atoms with Gasteiger partial charge < -0.3 is 15.3 Å². The van der Waals surface area contributed by atoms with Crippen molar-refractivity contribution in [3.8, 4) is 0 Å². The second-order valence-corrected chi connectivity index (χ2v) is 8.16. The number of carbonyl (C=O) groups is 2. The first-order chi connectivity index (χ1) is 15.6. The Bertz CT molecular complexity index is 1090. The van der Waals surface area contributed by atoms with Crippen LogP contribution in [-0.2, 0) is 17.9 Å². The molecule has 13 heteroatoms. The Morgan fingerprint density at radius 3 is 2.52 bits per heavy atom. The maximum Gasteiger partial charge on any atom is 0.490 e. The topological polar surface area (TPSA) is 113 Å². The van der Waals surface area contributed by atoms with E-state index in [2.05, 4.69) is 20.4 Å². The third-order valence-corrected chi connectivity index (χ3v) is 5.77. The van der Waals surface area contributed by atoms with Gasteiger partial charge in [0.1, 0.15) is 0 Å². The van der Waals surface area contributed by atoms with Crippen LogP contribution in [0.3, 0.4) is 0 Å². The van der Waals surface area contributed by atoms with Crippen LogP contribution >= 0.6 is 11.3 Å². The molecule has 0 spiro atoms. The molecule has 0 radical (unpaired) electrons. The number of carboxylic acids is 1. The van der Waals surface area contributed by atoms with Gasteiger partial charge in [-0.3, -0.25) is 9.48 Å².